The Kier molecular flexibility index (Phi) is 6.53. The van der Waals surface area contributed by atoms with E-state index in [0.29, 0.717) is 35.8 Å². The van der Waals surface area contributed by atoms with Crippen LogP contribution in [0.15, 0.2) is 30.5 Å². The SMILES string of the molecule is NC(=O)C(c1nccc(C(F)(F)F)n1)c1nc2ccc(OCCN3CCOCC3)cc2s1. The van der Waals surface area contributed by atoms with Gasteiger partial charge in [-0.25, -0.2) is 15.0 Å². The summed E-state index contributed by atoms with van der Waals surface area (Å²) in [7, 11) is 0. The number of thiazole rings is 1. The van der Waals surface area contributed by atoms with E-state index in [9.17, 15) is 18.0 Å². The monoisotopic (exact) mass is 467 g/mol. The number of nitrogens with two attached hydrogens (primary N) is 1. The standard InChI is InChI=1S/C20H20F3N5O3S/c21-20(22,23)15-3-4-25-18(27-15)16(17(24)29)19-26-13-2-1-12(11-14(13)32-19)31-10-7-28-5-8-30-9-6-28/h1-4,11,16H,5-10H2,(H2,24,29). The number of hydrogen-bond donors (Lipinski definition) is 1. The summed E-state index contributed by atoms with van der Waals surface area (Å²) < 4.78 is 50.9. The number of ether oxygens (including phenoxy) is 2. The topological polar surface area (TPSA) is 103 Å². The molecule has 1 aliphatic rings. The maximum absolute atomic E-state index is 13.0. The average molecular weight is 467 g/mol. The molecule has 1 amide bonds. The van der Waals surface area contributed by atoms with Crippen LogP contribution >= 0.6 is 11.3 Å². The van der Waals surface area contributed by atoms with Crippen molar-refractivity contribution in [2.24, 2.45) is 5.73 Å². The second kappa shape index (κ2) is 9.35. The van der Waals surface area contributed by atoms with Crippen molar-refractivity contribution in [2.45, 2.75) is 12.1 Å². The highest BCUT2D eigenvalue weighted by molar-refractivity contribution is 7.18. The van der Waals surface area contributed by atoms with Gasteiger partial charge in [-0.05, 0) is 24.3 Å². The number of rotatable bonds is 7. The van der Waals surface area contributed by atoms with Crippen LogP contribution in [0.5, 0.6) is 5.75 Å². The molecule has 1 saturated heterocycles. The lowest BCUT2D eigenvalue weighted by Gasteiger charge is -2.26. The third-order valence-corrected chi connectivity index (χ3v) is 5.99. The van der Waals surface area contributed by atoms with Crippen molar-refractivity contribution in [1.29, 1.82) is 0 Å². The summed E-state index contributed by atoms with van der Waals surface area (Å²) in [5.41, 5.74) is 4.90. The molecule has 1 aromatic carbocycles. The number of halogens is 3. The molecule has 32 heavy (non-hydrogen) atoms. The summed E-state index contributed by atoms with van der Waals surface area (Å²) in [6.07, 6.45) is -3.71. The van der Waals surface area contributed by atoms with Crippen LogP contribution in [0.1, 0.15) is 22.4 Å². The Hall–Kier alpha value is -2.83. The van der Waals surface area contributed by atoms with Crippen LogP contribution in [-0.2, 0) is 15.7 Å². The molecule has 0 spiro atoms. The number of nitrogens with zero attached hydrogens (tertiary/aromatic N) is 4. The molecule has 3 heterocycles. The number of alkyl halides is 3. The van der Waals surface area contributed by atoms with E-state index in [1.54, 1.807) is 18.2 Å². The maximum atomic E-state index is 13.0. The van der Waals surface area contributed by atoms with Gasteiger partial charge in [0, 0.05) is 25.8 Å². The zero-order valence-corrected chi connectivity index (χ0v) is 17.7. The first-order chi connectivity index (χ1) is 15.3. The number of fused-ring (bicyclic) bond motifs is 1. The third kappa shape index (κ3) is 5.14. The minimum absolute atomic E-state index is 0.220. The van der Waals surface area contributed by atoms with Crippen LogP contribution in [0.3, 0.4) is 0 Å². The summed E-state index contributed by atoms with van der Waals surface area (Å²) in [4.78, 5) is 26.1. The van der Waals surface area contributed by atoms with Crippen molar-refractivity contribution in [3.63, 3.8) is 0 Å². The molecule has 8 nitrogen and oxygen atoms in total. The van der Waals surface area contributed by atoms with Gasteiger partial charge in [-0.15, -0.1) is 11.3 Å². The Morgan fingerprint density at radius 3 is 2.75 bits per heavy atom. The van der Waals surface area contributed by atoms with Crippen LogP contribution in [0.25, 0.3) is 10.2 Å². The predicted molar refractivity (Wildman–Crippen MR) is 110 cm³/mol. The van der Waals surface area contributed by atoms with Gasteiger partial charge in [0.2, 0.25) is 5.91 Å². The average Bonchev–Trinajstić information content (AvgIpc) is 3.16. The van der Waals surface area contributed by atoms with Gasteiger partial charge >= 0.3 is 6.18 Å². The predicted octanol–water partition coefficient (Wildman–Crippen LogP) is 2.43. The molecule has 3 aromatic rings. The van der Waals surface area contributed by atoms with Crippen molar-refractivity contribution < 1.29 is 27.4 Å². The zero-order chi connectivity index (χ0) is 22.7. The molecule has 0 aliphatic carbocycles. The van der Waals surface area contributed by atoms with Crippen molar-refractivity contribution >= 4 is 27.5 Å². The smallest absolute Gasteiger partial charge is 0.433 e. The Morgan fingerprint density at radius 1 is 1.25 bits per heavy atom. The summed E-state index contributed by atoms with van der Waals surface area (Å²) >= 11 is 1.14. The van der Waals surface area contributed by atoms with E-state index in [1.807, 2.05) is 0 Å². The summed E-state index contributed by atoms with van der Waals surface area (Å²) in [5, 5.41) is 0.220. The van der Waals surface area contributed by atoms with Gasteiger partial charge in [-0.2, -0.15) is 13.2 Å². The number of carbonyl (C=O) groups is 1. The van der Waals surface area contributed by atoms with Gasteiger partial charge in [0.05, 0.1) is 23.4 Å². The Morgan fingerprint density at radius 2 is 2.03 bits per heavy atom. The molecule has 2 N–H and O–H groups in total. The first-order valence-corrected chi connectivity index (χ1v) is 10.7. The van der Waals surface area contributed by atoms with Crippen LogP contribution in [0.2, 0.25) is 0 Å². The van der Waals surface area contributed by atoms with Crippen LogP contribution in [-0.4, -0.2) is 65.2 Å². The zero-order valence-electron chi connectivity index (χ0n) is 16.8. The Bertz CT molecular complexity index is 1100. The van der Waals surface area contributed by atoms with Crippen molar-refractivity contribution in [1.82, 2.24) is 19.9 Å². The number of carbonyl (C=O) groups excluding carboxylic acids is 1. The Balaban J connectivity index is 1.53. The molecular formula is C20H20F3N5O3S. The summed E-state index contributed by atoms with van der Waals surface area (Å²) in [5.74, 6) is -1.88. The molecule has 0 saturated carbocycles. The highest BCUT2D eigenvalue weighted by atomic mass is 32.1. The first kappa shape index (κ1) is 22.4. The third-order valence-electron chi connectivity index (χ3n) is 4.91. The minimum Gasteiger partial charge on any atom is -0.492 e. The van der Waals surface area contributed by atoms with E-state index in [1.165, 1.54) is 0 Å². The number of amides is 1. The van der Waals surface area contributed by atoms with Crippen molar-refractivity contribution in [2.75, 3.05) is 39.5 Å². The quantitative estimate of drug-likeness (QED) is 0.569. The van der Waals surface area contributed by atoms with Gasteiger partial charge in [-0.1, -0.05) is 0 Å². The minimum atomic E-state index is -4.67. The number of benzene rings is 1. The fourth-order valence-electron chi connectivity index (χ4n) is 3.28. The first-order valence-electron chi connectivity index (χ1n) is 9.84. The van der Waals surface area contributed by atoms with E-state index in [0.717, 1.165) is 43.2 Å². The van der Waals surface area contributed by atoms with Gasteiger partial charge in [-0.3, -0.25) is 9.69 Å². The van der Waals surface area contributed by atoms with Gasteiger partial charge in [0.15, 0.2) is 0 Å². The molecule has 1 unspecified atom stereocenters. The molecule has 4 rings (SSSR count). The summed E-state index contributed by atoms with van der Waals surface area (Å²) in [6.45, 7) is 4.43. The lowest BCUT2D eigenvalue weighted by atomic mass is 10.1. The lowest BCUT2D eigenvalue weighted by Crippen LogP contribution is -2.38. The largest absolute Gasteiger partial charge is 0.492 e. The highest BCUT2D eigenvalue weighted by Gasteiger charge is 2.35. The number of aromatic nitrogens is 3. The van der Waals surface area contributed by atoms with E-state index < -0.39 is 23.7 Å². The van der Waals surface area contributed by atoms with Crippen LogP contribution in [0, 0.1) is 0 Å². The molecule has 170 valence electrons. The molecular weight excluding hydrogens is 447 g/mol. The fraction of sp³-hybridized carbons (Fsp3) is 0.400. The molecule has 0 bridgehead atoms. The number of morpholine rings is 1. The van der Waals surface area contributed by atoms with Gasteiger partial charge in [0.1, 0.15) is 34.8 Å². The Labute approximate surface area is 185 Å². The maximum Gasteiger partial charge on any atom is 0.433 e. The molecule has 1 aliphatic heterocycles. The van der Waals surface area contributed by atoms with E-state index in [2.05, 4.69) is 19.9 Å². The van der Waals surface area contributed by atoms with Crippen molar-refractivity contribution in [3.05, 3.63) is 47.0 Å². The molecule has 2 aromatic heterocycles. The normalized spacial score (nSPS) is 16.2. The van der Waals surface area contributed by atoms with E-state index >= 15 is 0 Å². The number of hydrogen-bond acceptors (Lipinski definition) is 8. The van der Waals surface area contributed by atoms with E-state index in [4.69, 9.17) is 15.2 Å². The van der Waals surface area contributed by atoms with Crippen molar-refractivity contribution in [3.8, 4) is 5.75 Å². The lowest BCUT2D eigenvalue weighted by molar-refractivity contribution is -0.141. The van der Waals surface area contributed by atoms with Crippen LogP contribution < -0.4 is 10.5 Å². The second-order valence-corrected chi connectivity index (χ2v) is 8.18. The van der Waals surface area contributed by atoms with Crippen LogP contribution in [0.4, 0.5) is 13.2 Å². The summed E-state index contributed by atoms with van der Waals surface area (Å²) in [6, 6.07) is 6.00. The molecule has 0 radical (unpaired) electrons. The second-order valence-electron chi connectivity index (χ2n) is 7.12. The van der Waals surface area contributed by atoms with E-state index in [-0.39, 0.29) is 10.8 Å². The fourth-order valence-corrected chi connectivity index (χ4v) is 4.39. The highest BCUT2D eigenvalue weighted by Crippen LogP contribution is 2.34. The van der Waals surface area contributed by atoms with Gasteiger partial charge in [0.25, 0.3) is 0 Å². The molecule has 1 atom stereocenters. The molecule has 12 heteroatoms. The van der Waals surface area contributed by atoms with Gasteiger partial charge < -0.3 is 15.2 Å². The molecule has 1 fully saturated rings. The number of primary amides is 1.